The molecular formula is C22H27FN4O. The summed E-state index contributed by atoms with van der Waals surface area (Å²) < 4.78 is 13.3. The zero-order valence-corrected chi connectivity index (χ0v) is 16.5. The molecule has 1 saturated heterocycles. The molecule has 2 aromatic carbocycles. The highest BCUT2D eigenvalue weighted by molar-refractivity contribution is 6.01. The van der Waals surface area contributed by atoms with E-state index in [0.29, 0.717) is 13.1 Å². The van der Waals surface area contributed by atoms with Crippen molar-refractivity contribution in [1.29, 1.82) is 0 Å². The lowest BCUT2D eigenvalue weighted by atomic mass is 10.1. The molecule has 2 aliphatic heterocycles. The Bertz CT molecular complexity index is 833. The van der Waals surface area contributed by atoms with E-state index in [4.69, 9.17) is 0 Å². The van der Waals surface area contributed by atoms with Crippen molar-refractivity contribution < 1.29 is 9.18 Å². The fourth-order valence-corrected chi connectivity index (χ4v) is 4.07. The van der Waals surface area contributed by atoms with Gasteiger partial charge in [-0.25, -0.2) is 4.39 Å². The Labute approximate surface area is 165 Å². The second kappa shape index (κ2) is 7.89. The molecule has 0 N–H and O–H groups in total. The minimum absolute atomic E-state index is 0.140. The van der Waals surface area contributed by atoms with E-state index >= 15 is 0 Å². The lowest BCUT2D eigenvalue weighted by Gasteiger charge is -2.41. The number of fused-ring (bicyclic) bond motifs is 1. The molecule has 0 bridgehead atoms. The maximum atomic E-state index is 13.3. The Morgan fingerprint density at radius 3 is 2.21 bits per heavy atom. The van der Waals surface area contributed by atoms with Crippen molar-refractivity contribution in [3.05, 3.63) is 54.3 Å². The van der Waals surface area contributed by atoms with Crippen LogP contribution in [0.4, 0.5) is 21.5 Å². The first kappa shape index (κ1) is 18.9. The van der Waals surface area contributed by atoms with E-state index in [1.54, 1.807) is 12.1 Å². The van der Waals surface area contributed by atoms with Crippen LogP contribution in [-0.2, 0) is 4.79 Å². The predicted molar refractivity (Wildman–Crippen MR) is 111 cm³/mol. The molecule has 28 heavy (non-hydrogen) atoms. The highest BCUT2D eigenvalue weighted by Crippen LogP contribution is 2.38. The molecule has 0 aromatic heterocycles. The van der Waals surface area contributed by atoms with Gasteiger partial charge in [0.1, 0.15) is 5.82 Å². The summed E-state index contributed by atoms with van der Waals surface area (Å²) in [6.45, 7) is 7.14. The van der Waals surface area contributed by atoms with Gasteiger partial charge in [-0.1, -0.05) is 12.1 Å². The maximum Gasteiger partial charge on any atom is 0.244 e. The van der Waals surface area contributed by atoms with Crippen molar-refractivity contribution in [3.63, 3.8) is 0 Å². The largest absolute Gasteiger partial charge is 0.338 e. The molecule has 0 saturated carbocycles. The fourth-order valence-electron chi connectivity index (χ4n) is 4.07. The zero-order chi connectivity index (χ0) is 19.7. The number of para-hydroxylation sites is 2. The number of benzene rings is 2. The molecule has 148 valence electrons. The molecule has 2 heterocycles. The van der Waals surface area contributed by atoms with E-state index < -0.39 is 0 Å². The van der Waals surface area contributed by atoms with Gasteiger partial charge < -0.3 is 14.7 Å². The molecule has 6 heteroatoms. The first-order valence-corrected chi connectivity index (χ1v) is 9.91. The molecule has 0 aliphatic carbocycles. The van der Waals surface area contributed by atoms with Crippen molar-refractivity contribution >= 4 is 23.0 Å². The summed E-state index contributed by atoms with van der Waals surface area (Å²) in [7, 11) is 2.12. The topological polar surface area (TPSA) is 30.0 Å². The van der Waals surface area contributed by atoms with Crippen LogP contribution in [0.15, 0.2) is 48.5 Å². The van der Waals surface area contributed by atoms with Gasteiger partial charge in [-0.2, -0.15) is 0 Å². The van der Waals surface area contributed by atoms with E-state index in [1.165, 1.54) is 12.1 Å². The van der Waals surface area contributed by atoms with Crippen molar-refractivity contribution in [2.24, 2.45) is 0 Å². The summed E-state index contributed by atoms with van der Waals surface area (Å²) in [5.41, 5.74) is 2.84. The number of hydrogen-bond donors (Lipinski definition) is 0. The van der Waals surface area contributed by atoms with Crippen molar-refractivity contribution in [1.82, 2.24) is 9.80 Å². The Morgan fingerprint density at radius 1 is 0.893 bits per heavy atom. The number of anilines is 3. The second-order valence-corrected chi connectivity index (χ2v) is 7.62. The normalized spacial score (nSPS) is 19.4. The molecule has 2 aromatic rings. The van der Waals surface area contributed by atoms with Gasteiger partial charge in [0.15, 0.2) is 0 Å². The van der Waals surface area contributed by atoms with E-state index in [-0.39, 0.29) is 17.8 Å². The third-order valence-corrected chi connectivity index (χ3v) is 5.86. The van der Waals surface area contributed by atoms with Crippen LogP contribution in [0.5, 0.6) is 0 Å². The number of carbonyl (C=O) groups is 1. The van der Waals surface area contributed by atoms with E-state index in [1.807, 2.05) is 36.1 Å². The lowest BCUT2D eigenvalue weighted by Crippen LogP contribution is -2.55. The van der Waals surface area contributed by atoms with Gasteiger partial charge in [0.05, 0.1) is 17.4 Å². The molecule has 1 fully saturated rings. The van der Waals surface area contributed by atoms with Crippen LogP contribution in [0, 0.1) is 5.82 Å². The van der Waals surface area contributed by atoms with E-state index in [9.17, 15) is 9.18 Å². The summed E-state index contributed by atoms with van der Waals surface area (Å²) in [6.07, 6.45) is 0. The molecule has 4 rings (SSSR count). The Hall–Kier alpha value is -2.44. The summed E-state index contributed by atoms with van der Waals surface area (Å²) >= 11 is 0. The minimum Gasteiger partial charge on any atom is -0.338 e. The van der Waals surface area contributed by atoms with Gasteiger partial charge in [-0.05, 0) is 50.4 Å². The van der Waals surface area contributed by atoms with Crippen LogP contribution >= 0.6 is 0 Å². The minimum atomic E-state index is -0.244. The Morgan fingerprint density at radius 2 is 1.54 bits per heavy atom. The quantitative estimate of drug-likeness (QED) is 0.817. The van der Waals surface area contributed by atoms with Crippen molar-refractivity contribution in [2.45, 2.75) is 13.0 Å². The number of carbonyl (C=O) groups excluding carboxylic acids is 1. The second-order valence-electron chi connectivity index (χ2n) is 7.62. The van der Waals surface area contributed by atoms with Gasteiger partial charge in [-0.3, -0.25) is 9.69 Å². The molecule has 2 aliphatic rings. The molecule has 0 radical (unpaired) electrons. The predicted octanol–water partition coefficient (Wildman–Crippen LogP) is 2.95. The first-order chi connectivity index (χ1) is 13.5. The van der Waals surface area contributed by atoms with Crippen molar-refractivity contribution in [2.75, 3.05) is 56.1 Å². The number of amides is 1. The number of piperazine rings is 1. The SMILES string of the molecule is CC(C(=O)N1CCN(c2ccc(F)cc2)c2ccccc21)N1CCN(C)CC1. The highest BCUT2D eigenvalue weighted by Gasteiger charge is 2.33. The van der Waals surface area contributed by atoms with Crippen LogP contribution in [0.25, 0.3) is 0 Å². The van der Waals surface area contributed by atoms with Crippen molar-refractivity contribution in [3.8, 4) is 0 Å². The monoisotopic (exact) mass is 382 g/mol. The molecule has 0 spiro atoms. The van der Waals surface area contributed by atoms with Crippen LogP contribution in [0.2, 0.25) is 0 Å². The standard InChI is InChI=1S/C22H27FN4O/c1-17(25-13-11-24(2)12-14-25)22(28)27-16-15-26(19-9-7-18(23)8-10-19)20-5-3-4-6-21(20)27/h3-10,17H,11-16H2,1-2H3. The molecule has 1 atom stereocenters. The number of hydrogen-bond acceptors (Lipinski definition) is 4. The average Bonchev–Trinajstić information content (AvgIpc) is 2.73. The summed E-state index contributed by atoms with van der Waals surface area (Å²) in [6, 6.07) is 14.4. The van der Waals surface area contributed by atoms with Gasteiger partial charge in [-0.15, -0.1) is 0 Å². The lowest BCUT2D eigenvalue weighted by molar-refractivity contribution is -0.123. The summed E-state index contributed by atoms with van der Waals surface area (Å²) in [5, 5.41) is 0. The third-order valence-electron chi connectivity index (χ3n) is 5.86. The average molecular weight is 382 g/mol. The number of nitrogens with zero attached hydrogens (tertiary/aromatic N) is 4. The van der Waals surface area contributed by atoms with Gasteiger partial charge in [0.25, 0.3) is 0 Å². The van der Waals surface area contributed by atoms with Gasteiger partial charge in [0.2, 0.25) is 5.91 Å². The van der Waals surface area contributed by atoms with E-state index in [0.717, 1.165) is 43.2 Å². The molecular weight excluding hydrogens is 355 g/mol. The fraction of sp³-hybridized carbons (Fsp3) is 0.409. The Kier molecular flexibility index (Phi) is 5.33. The van der Waals surface area contributed by atoms with Crippen LogP contribution in [0.1, 0.15) is 6.92 Å². The van der Waals surface area contributed by atoms with Crippen LogP contribution in [-0.4, -0.2) is 68.1 Å². The summed E-state index contributed by atoms with van der Waals surface area (Å²) in [5.74, 6) is -0.0948. The zero-order valence-electron chi connectivity index (χ0n) is 16.5. The van der Waals surface area contributed by atoms with Gasteiger partial charge in [0, 0.05) is 45.0 Å². The number of halogens is 1. The maximum absolute atomic E-state index is 13.3. The van der Waals surface area contributed by atoms with Gasteiger partial charge >= 0.3 is 0 Å². The number of likely N-dealkylation sites (N-methyl/N-ethyl adjacent to an activating group) is 1. The molecule has 1 amide bonds. The highest BCUT2D eigenvalue weighted by atomic mass is 19.1. The third kappa shape index (κ3) is 3.62. The van der Waals surface area contributed by atoms with Crippen LogP contribution < -0.4 is 9.80 Å². The smallest absolute Gasteiger partial charge is 0.244 e. The van der Waals surface area contributed by atoms with E-state index in [2.05, 4.69) is 21.7 Å². The molecule has 5 nitrogen and oxygen atoms in total. The Balaban J connectivity index is 1.58. The van der Waals surface area contributed by atoms with Crippen LogP contribution in [0.3, 0.4) is 0 Å². The first-order valence-electron chi connectivity index (χ1n) is 9.91. The summed E-state index contributed by atoms with van der Waals surface area (Å²) in [4.78, 5) is 22.0. The molecule has 1 unspecified atom stereocenters. The number of rotatable bonds is 3.